The van der Waals surface area contributed by atoms with Crippen LogP contribution in [0.15, 0.2) is 30.6 Å². The molecule has 3 aromatic rings. The van der Waals surface area contributed by atoms with E-state index in [1.54, 1.807) is 18.5 Å². The van der Waals surface area contributed by atoms with E-state index in [9.17, 15) is 4.79 Å². The Kier molecular flexibility index (Phi) is 5.87. The monoisotopic (exact) mass is 466 g/mol. The maximum Gasteiger partial charge on any atom is 0.254 e. The summed E-state index contributed by atoms with van der Waals surface area (Å²) in [5.74, 6) is 3.48. The van der Waals surface area contributed by atoms with Crippen LogP contribution in [0.1, 0.15) is 10.4 Å². The van der Waals surface area contributed by atoms with E-state index in [4.69, 9.17) is 23.7 Å². The summed E-state index contributed by atoms with van der Waals surface area (Å²) >= 11 is 0. The highest BCUT2D eigenvalue weighted by Crippen LogP contribution is 2.39. The van der Waals surface area contributed by atoms with Crippen molar-refractivity contribution in [2.24, 2.45) is 0 Å². The van der Waals surface area contributed by atoms with Crippen LogP contribution in [0.2, 0.25) is 0 Å². The average Bonchev–Trinajstić information content (AvgIpc) is 2.90. The number of anilines is 1. The molecular formula is C24H26N4O6. The molecule has 1 amide bonds. The fraction of sp³-hybridized carbons (Fsp3) is 0.375. The molecule has 0 aliphatic carbocycles. The number of amides is 1. The predicted molar refractivity (Wildman–Crippen MR) is 125 cm³/mol. The van der Waals surface area contributed by atoms with Crippen molar-refractivity contribution < 1.29 is 28.5 Å². The number of ether oxygens (including phenoxy) is 5. The largest absolute Gasteiger partial charge is 0.493 e. The molecule has 2 aromatic carbocycles. The van der Waals surface area contributed by atoms with Crippen molar-refractivity contribution in [3.8, 4) is 28.7 Å². The molecule has 178 valence electrons. The van der Waals surface area contributed by atoms with Gasteiger partial charge in [-0.1, -0.05) is 0 Å². The van der Waals surface area contributed by atoms with Crippen LogP contribution in [0.5, 0.6) is 28.7 Å². The van der Waals surface area contributed by atoms with E-state index in [0.717, 1.165) is 16.7 Å². The molecule has 2 aliphatic rings. The first-order valence-corrected chi connectivity index (χ1v) is 11.0. The minimum Gasteiger partial charge on any atom is -0.493 e. The first-order valence-electron chi connectivity index (χ1n) is 11.0. The second-order valence-corrected chi connectivity index (χ2v) is 7.90. The molecule has 0 N–H and O–H groups in total. The van der Waals surface area contributed by atoms with E-state index >= 15 is 0 Å². The van der Waals surface area contributed by atoms with Gasteiger partial charge in [0.25, 0.3) is 5.91 Å². The van der Waals surface area contributed by atoms with Crippen LogP contribution in [0.25, 0.3) is 10.9 Å². The van der Waals surface area contributed by atoms with E-state index < -0.39 is 0 Å². The fourth-order valence-electron chi connectivity index (χ4n) is 4.34. The molecule has 5 rings (SSSR count). The number of carbonyl (C=O) groups excluding carboxylic acids is 1. The molecular weight excluding hydrogens is 440 g/mol. The third-order valence-electron chi connectivity index (χ3n) is 6.06. The van der Waals surface area contributed by atoms with Crippen LogP contribution in [-0.2, 0) is 0 Å². The fourth-order valence-corrected chi connectivity index (χ4v) is 4.34. The quantitative estimate of drug-likeness (QED) is 0.562. The van der Waals surface area contributed by atoms with Gasteiger partial charge < -0.3 is 33.5 Å². The van der Waals surface area contributed by atoms with Gasteiger partial charge in [-0.15, -0.1) is 0 Å². The topological polar surface area (TPSA) is 95.5 Å². The van der Waals surface area contributed by atoms with Crippen molar-refractivity contribution in [3.63, 3.8) is 0 Å². The zero-order chi connectivity index (χ0) is 23.7. The summed E-state index contributed by atoms with van der Waals surface area (Å²) in [5, 5.41) is 0.899. The van der Waals surface area contributed by atoms with E-state index in [2.05, 4.69) is 14.9 Å². The molecule has 3 heterocycles. The number of aromatic nitrogens is 2. The minimum atomic E-state index is -0.0916. The van der Waals surface area contributed by atoms with Crippen LogP contribution in [0.3, 0.4) is 0 Å². The number of fused-ring (bicyclic) bond motifs is 2. The lowest BCUT2D eigenvalue weighted by Gasteiger charge is -2.36. The number of piperazine rings is 1. The lowest BCUT2D eigenvalue weighted by Crippen LogP contribution is -2.49. The first-order chi connectivity index (χ1) is 16.6. The summed E-state index contributed by atoms with van der Waals surface area (Å²) in [6.45, 7) is 3.41. The van der Waals surface area contributed by atoms with Gasteiger partial charge in [0.2, 0.25) is 5.75 Å². The molecule has 1 aromatic heterocycles. The van der Waals surface area contributed by atoms with Crippen molar-refractivity contribution in [1.82, 2.24) is 14.9 Å². The van der Waals surface area contributed by atoms with Gasteiger partial charge in [0.1, 0.15) is 25.4 Å². The number of hydrogen-bond acceptors (Lipinski definition) is 9. The maximum atomic E-state index is 13.3. The Morgan fingerprint density at radius 2 is 1.50 bits per heavy atom. The summed E-state index contributed by atoms with van der Waals surface area (Å²) in [4.78, 5) is 26.2. The maximum absolute atomic E-state index is 13.3. The highest BCUT2D eigenvalue weighted by atomic mass is 16.6. The average molecular weight is 466 g/mol. The van der Waals surface area contributed by atoms with Gasteiger partial charge in [0.05, 0.1) is 26.8 Å². The molecule has 0 radical (unpaired) electrons. The lowest BCUT2D eigenvalue weighted by molar-refractivity contribution is 0.0745. The van der Waals surface area contributed by atoms with Crippen LogP contribution in [0, 0.1) is 0 Å². The molecule has 10 nitrogen and oxygen atoms in total. The Hall–Kier alpha value is -3.95. The summed E-state index contributed by atoms with van der Waals surface area (Å²) < 4.78 is 27.6. The minimum absolute atomic E-state index is 0.0916. The molecule has 34 heavy (non-hydrogen) atoms. The normalized spacial score (nSPS) is 15.3. The van der Waals surface area contributed by atoms with Crippen LogP contribution >= 0.6 is 0 Å². The Morgan fingerprint density at radius 3 is 2.12 bits per heavy atom. The summed E-state index contributed by atoms with van der Waals surface area (Å²) in [5.41, 5.74) is 1.28. The van der Waals surface area contributed by atoms with Crippen molar-refractivity contribution >= 4 is 22.6 Å². The zero-order valence-electron chi connectivity index (χ0n) is 19.4. The number of methoxy groups -OCH3 is 3. The summed E-state index contributed by atoms with van der Waals surface area (Å²) in [6, 6.07) is 7.18. The standard InChI is InChI=1S/C24H26N4O6/c1-30-20-10-15(11-21(31-2)22(20)32-3)24(29)28-6-4-27(5-7-28)23-16-12-18-19(34-9-8-33-18)13-17(16)25-14-26-23/h10-14H,4-9H2,1-3H3. The van der Waals surface area contributed by atoms with Gasteiger partial charge in [-0.3, -0.25) is 4.79 Å². The second kappa shape index (κ2) is 9.12. The Morgan fingerprint density at radius 1 is 0.853 bits per heavy atom. The summed E-state index contributed by atoms with van der Waals surface area (Å²) in [7, 11) is 4.60. The molecule has 1 saturated heterocycles. The van der Waals surface area contributed by atoms with E-state index in [0.29, 0.717) is 73.7 Å². The third kappa shape index (κ3) is 3.85. The van der Waals surface area contributed by atoms with Crippen molar-refractivity contribution in [1.29, 1.82) is 0 Å². The van der Waals surface area contributed by atoms with Crippen LogP contribution in [0.4, 0.5) is 5.82 Å². The van der Waals surface area contributed by atoms with Crippen LogP contribution < -0.4 is 28.6 Å². The number of carbonyl (C=O) groups is 1. The van der Waals surface area contributed by atoms with Crippen LogP contribution in [-0.4, -0.2) is 81.5 Å². The molecule has 0 bridgehead atoms. The van der Waals surface area contributed by atoms with Gasteiger partial charge >= 0.3 is 0 Å². The van der Waals surface area contributed by atoms with Gasteiger partial charge in [-0.05, 0) is 18.2 Å². The van der Waals surface area contributed by atoms with Gasteiger partial charge in [-0.2, -0.15) is 0 Å². The Bertz CT molecular complexity index is 1200. The number of hydrogen-bond donors (Lipinski definition) is 0. The molecule has 2 aliphatic heterocycles. The molecule has 0 spiro atoms. The second-order valence-electron chi connectivity index (χ2n) is 7.90. The van der Waals surface area contributed by atoms with Gasteiger partial charge in [-0.25, -0.2) is 9.97 Å². The SMILES string of the molecule is COc1cc(C(=O)N2CCN(c3ncnc4cc5c(cc34)OCCO5)CC2)cc(OC)c1OC. The van der Waals surface area contributed by atoms with E-state index in [-0.39, 0.29) is 5.91 Å². The van der Waals surface area contributed by atoms with Crippen molar-refractivity contribution in [3.05, 3.63) is 36.2 Å². The molecule has 0 unspecified atom stereocenters. The third-order valence-corrected chi connectivity index (χ3v) is 6.06. The molecule has 0 atom stereocenters. The molecule has 0 saturated carbocycles. The highest BCUT2D eigenvalue weighted by Gasteiger charge is 2.26. The Labute approximate surface area is 196 Å². The lowest BCUT2D eigenvalue weighted by atomic mass is 10.1. The zero-order valence-corrected chi connectivity index (χ0v) is 19.4. The Balaban J connectivity index is 1.35. The van der Waals surface area contributed by atoms with E-state index in [1.807, 2.05) is 17.0 Å². The summed E-state index contributed by atoms with van der Waals surface area (Å²) in [6.07, 6.45) is 1.56. The first kappa shape index (κ1) is 21.9. The number of rotatable bonds is 5. The molecule has 10 heteroatoms. The van der Waals surface area contributed by atoms with Crippen molar-refractivity contribution in [2.45, 2.75) is 0 Å². The smallest absolute Gasteiger partial charge is 0.254 e. The number of benzene rings is 2. The van der Waals surface area contributed by atoms with Crippen molar-refractivity contribution in [2.75, 3.05) is 65.6 Å². The predicted octanol–water partition coefficient (Wildman–Crippen LogP) is 2.39. The van der Waals surface area contributed by atoms with Gasteiger partial charge in [0, 0.05) is 43.2 Å². The number of nitrogens with zero attached hydrogens (tertiary/aromatic N) is 4. The highest BCUT2D eigenvalue weighted by molar-refractivity contribution is 5.96. The van der Waals surface area contributed by atoms with E-state index in [1.165, 1.54) is 21.3 Å². The van der Waals surface area contributed by atoms with Gasteiger partial charge in [0.15, 0.2) is 23.0 Å². The molecule has 1 fully saturated rings.